The summed E-state index contributed by atoms with van der Waals surface area (Å²) in [6.45, 7) is 0. The summed E-state index contributed by atoms with van der Waals surface area (Å²) >= 11 is 0. The molecule has 0 aromatic carbocycles. The van der Waals surface area contributed by atoms with E-state index >= 15 is 0 Å². The third-order valence-electron chi connectivity index (χ3n) is 1.42. The van der Waals surface area contributed by atoms with Gasteiger partial charge in [-0.25, -0.2) is 4.98 Å². The molecule has 2 aromatic heterocycles. The minimum Gasteiger partial charge on any atom is -0.264 e. The quantitative estimate of drug-likeness (QED) is 0.623. The Morgan fingerprint density at radius 1 is 1.38 bits per heavy atom. The van der Waals surface area contributed by atoms with E-state index in [2.05, 4.69) is 20.2 Å². The van der Waals surface area contributed by atoms with Gasteiger partial charge in [0.15, 0.2) is 0 Å². The molecular weight excluding hydrogens is 166 g/mol. The lowest BCUT2D eigenvalue weighted by Crippen LogP contribution is -1.90. The van der Waals surface area contributed by atoms with Crippen LogP contribution in [0.25, 0.3) is 0 Å². The van der Waals surface area contributed by atoms with Crippen LogP contribution in [0.5, 0.6) is 0 Å². The summed E-state index contributed by atoms with van der Waals surface area (Å²) < 4.78 is 0. The van der Waals surface area contributed by atoms with Gasteiger partial charge in [-0.2, -0.15) is 5.10 Å². The Bertz CT molecular complexity index is 378. The molecule has 0 unspecified atom stereocenters. The SMILES string of the molecule is C(=N/n1cncn1)/c1cccnc1. The number of pyridine rings is 1. The van der Waals surface area contributed by atoms with Crippen LogP contribution in [-0.4, -0.2) is 26.1 Å². The molecule has 2 aromatic rings. The average molecular weight is 173 g/mol. The molecule has 0 aliphatic carbocycles. The number of nitrogens with zero attached hydrogens (tertiary/aromatic N) is 5. The Labute approximate surface area is 74.8 Å². The topological polar surface area (TPSA) is 56.0 Å². The first-order chi connectivity index (χ1) is 6.45. The second-order valence-corrected chi connectivity index (χ2v) is 2.35. The molecular formula is C8H7N5. The highest BCUT2D eigenvalue weighted by Crippen LogP contribution is 1.90. The van der Waals surface area contributed by atoms with E-state index in [1.165, 1.54) is 17.4 Å². The number of hydrogen-bond donors (Lipinski definition) is 0. The Hall–Kier alpha value is -2.04. The maximum atomic E-state index is 4.01. The van der Waals surface area contributed by atoms with Crippen molar-refractivity contribution < 1.29 is 0 Å². The lowest BCUT2D eigenvalue weighted by Gasteiger charge is -1.89. The van der Waals surface area contributed by atoms with Gasteiger partial charge in [-0.05, 0) is 6.07 Å². The predicted octanol–water partition coefficient (Wildman–Crippen LogP) is 0.555. The fraction of sp³-hybridized carbons (Fsp3) is 0. The first-order valence-electron chi connectivity index (χ1n) is 3.74. The van der Waals surface area contributed by atoms with E-state index in [1.54, 1.807) is 18.6 Å². The number of rotatable bonds is 2. The minimum atomic E-state index is 0.929. The van der Waals surface area contributed by atoms with Gasteiger partial charge in [0.1, 0.15) is 12.7 Å². The van der Waals surface area contributed by atoms with E-state index in [0.717, 1.165) is 5.56 Å². The molecule has 5 heteroatoms. The molecule has 0 saturated heterocycles. The van der Waals surface area contributed by atoms with Crippen LogP contribution in [0.2, 0.25) is 0 Å². The summed E-state index contributed by atoms with van der Waals surface area (Å²) in [4.78, 5) is 9.09. The van der Waals surface area contributed by atoms with Crippen LogP contribution in [0.4, 0.5) is 0 Å². The van der Waals surface area contributed by atoms with E-state index in [-0.39, 0.29) is 0 Å². The normalized spacial score (nSPS) is 10.8. The van der Waals surface area contributed by atoms with Crippen LogP contribution in [0, 0.1) is 0 Å². The predicted molar refractivity (Wildman–Crippen MR) is 47.3 cm³/mol. The van der Waals surface area contributed by atoms with Crippen LogP contribution in [0.15, 0.2) is 42.3 Å². The minimum absolute atomic E-state index is 0.929. The molecule has 0 aliphatic heterocycles. The van der Waals surface area contributed by atoms with Crippen molar-refractivity contribution in [2.75, 3.05) is 0 Å². The Kier molecular flexibility index (Phi) is 2.09. The highest BCUT2D eigenvalue weighted by molar-refractivity contribution is 5.78. The van der Waals surface area contributed by atoms with Crippen molar-refractivity contribution in [2.24, 2.45) is 5.10 Å². The van der Waals surface area contributed by atoms with Crippen molar-refractivity contribution in [3.63, 3.8) is 0 Å². The molecule has 0 N–H and O–H groups in total. The van der Waals surface area contributed by atoms with E-state index in [1.807, 2.05) is 12.1 Å². The maximum Gasteiger partial charge on any atom is 0.139 e. The van der Waals surface area contributed by atoms with Gasteiger partial charge in [0.2, 0.25) is 0 Å². The molecule has 0 bridgehead atoms. The van der Waals surface area contributed by atoms with Gasteiger partial charge >= 0.3 is 0 Å². The van der Waals surface area contributed by atoms with Crippen molar-refractivity contribution >= 4 is 6.21 Å². The molecule has 64 valence electrons. The maximum absolute atomic E-state index is 4.01. The zero-order valence-electron chi connectivity index (χ0n) is 6.78. The number of aromatic nitrogens is 4. The monoisotopic (exact) mass is 173 g/mol. The van der Waals surface area contributed by atoms with Gasteiger partial charge in [-0.3, -0.25) is 4.98 Å². The van der Waals surface area contributed by atoms with E-state index in [9.17, 15) is 0 Å². The molecule has 0 fully saturated rings. The second-order valence-electron chi connectivity index (χ2n) is 2.35. The largest absolute Gasteiger partial charge is 0.264 e. The summed E-state index contributed by atoms with van der Waals surface area (Å²) in [6.07, 6.45) is 8.06. The van der Waals surface area contributed by atoms with Crippen molar-refractivity contribution in [3.8, 4) is 0 Å². The van der Waals surface area contributed by atoms with Crippen molar-refractivity contribution in [1.29, 1.82) is 0 Å². The van der Waals surface area contributed by atoms with Crippen LogP contribution in [0.3, 0.4) is 0 Å². The van der Waals surface area contributed by atoms with Gasteiger partial charge in [0.05, 0.1) is 6.21 Å². The molecule has 13 heavy (non-hydrogen) atoms. The molecule has 0 radical (unpaired) electrons. The van der Waals surface area contributed by atoms with E-state index in [4.69, 9.17) is 0 Å². The summed E-state index contributed by atoms with van der Waals surface area (Å²) in [5.74, 6) is 0. The fourth-order valence-electron chi connectivity index (χ4n) is 0.840. The smallest absolute Gasteiger partial charge is 0.139 e. The highest BCUT2D eigenvalue weighted by atomic mass is 15.5. The van der Waals surface area contributed by atoms with Crippen LogP contribution in [-0.2, 0) is 0 Å². The van der Waals surface area contributed by atoms with Crippen LogP contribution in [0.1, 0.15) is 5.56 Å². The average Bonchev–Trinajstić information content (AvgIpc) is 2.69. The van der Waals surface area contributed by atoms with Crippen molar-refractivity contribution in [3.05, 3.63) is 42.7 Å². The lowest BCUT2D eigenvalue weighted by molar-refractivity contribution is 0.743. The lowest BCUT2D eigenvalue weighted by atomic mass is 10.3. The Morgan fingerprint density at radius 3 is 3.08 bits per heavy atom. The first-order valence-corrected chi connectivity index (χ1v) is 3.74. The third kappa shape index (κ3) is 1.96. The molecule has 0 atom stereocenters. The standard InChI is InChI=1S/C8H7N5/c1-2-8(4-9-3-1)5-11-13-7-10-6-12-13/h1-7H/b11-5-. The molecule has 0 aliphatic rings. The highest BCUT2D eigenvalue weighted by Gasteiger charge is 1.85. The van der Waals surface area contributed by atoms with Gasteiger partial charge < -0.3 is 0 Å². The number of hydrogen-bond acceptors (Lipinski definition) is 4. The Balaban J connectivity index is 2.15. The van der Waals surface area contributed by atoms with E-state index in [0.29, 0.717) is 0 Å². The molecule has 0 amide bonds. The molecule has 2 heterocycles. The summed E-state index contributed by atoms with van der Waals surface area (Å²) in [5, 5.41) is 7.83. The summed E-state index contributed by atoms with van der Waals surface area (Å²) in [5.41, 5.74) is 0.929. The van der Waals surface area contributed by atoms with Gasteiger partial charge in [0.25, 0.3) is 0 Å². The van der Waals surface area contributed by atoms with Crippen molar-refractivity contribution in [1.82, 2.24) is 19.9 Å². The summed E-state index contributed by atoms with van der Waals surface area (Å²) in [6, 6.07) is 3.76. The summed E-state index contributed by atoms with van der Waals surface area (Å²) in [7, 11) is 0. The second kappa shape index (κ2) is 3.57. The van der Waals surface area contributed by atoms with E-state index < -0.39 is 0 Å². The zero-order valence-corrected chi connectivity index (χ0v) is 6.78. The zero-order chi connectivity index (χ0) is 8.93. The molecule has 5 nitrogen and oxygen atoms in total. The molecule has 0 saturated carbocycles. The first kappa shape index (κ1) is 7.60. The third-order valence-corrected chi connectivity index (χ3v) is 1.42. The van der Waals surface area contributed by atoms with Gasteiger partial charge in [-0.1, -0.05) is 6.07 Å². The van der Waals surface area contributed by atoms with Gasteiger partial charge in [-0.15, -0.1) is 9.89 Å². The molecule has 0 spiro atoms. The molecule has 2 rings (SSSR count). The van der Waals surface area contributed by atoms with Crippen LogP contribution >= 0.6 is 0 Å². The van der Waals surface area contributed by atoms with Crippen molar-refractivity contribution in [2.45, 2.75) is 0 Å². The Morgan fingerprint density at radius 2 is 2.38 bits per heavy atom. The van der Waals surface area contributed by atoms with Gasteiger partial charge in [0, 0.05) is 18.0 Å². The van der Waals surface area contributed by atoms with Crippen LogP contribution < -0.4 is 0 Å². The fourth-order valence-corrected chi connectivity index (χ4v) is 0.840.